The largest absolute Gasteiger partial charge is 0.338 e. The third kappa shape index (κ3) is 3.05. The van der Waals surface area contributed by atoms with Crippen LogP contribution in [0.3, 0.4) is 0 Å². The second-order valence-corrected chi connectivity index (χ2v) is 6.88. The number of nitrogens with zero attached hydrogens (tertiary/aromatic N) is 3. The van der Waals surface area contributed by atoms with Crippen LogP contribution in [0.2, 0.25) is 0 Å². The van der Waals surface area contributed by atoms with Crippen LogP contribution in [0.15, 0.2) is 55.0 Å². The summed E-state index contributed by atoms with van der Waals surface area (Å²) in [5.74, 6) is -0.981. The SMILES string of the molecule is Cc1cc(N2C[C@H](C)n3ccc(C(=O)Nc4cccnc4)c3C2=O)ccc1F. The zero-order valence-electron chi connectivity index (χ0n) is 15.5. The highest BCUT2D eigenvalue weighted by molar-refractivity contribution is 6.16. The number of amides is 2. The van der Waals surface area contributed by atoms with E-state index in [-0.39, 0.29) is 23.7 Å². The minimum Gasteiger partial charge on any atom is -0.338 e. The third-order valence-electron chi connectivity index (χ3n) is 4.90. The first kappa shape index (κ1) is 17.9. The van der Waals surface area contributed by atoms with Gasteiger partial charge in [-0.2, -0.15) is 0 Å². The minimum absolute atomic E-state index is 0.0296. The summed E-state index contributed by atoms with van der Waals surface area (Å²) in [5.41, 5.74) is 2.25. The maximum atomic E-state index is 13.6. The van der Waals surface area contributed by atoms with Crippen molar-refractivity contribution >= 4 is 23.2 Å². The molecule has 1 atom stereocenters. The number of benzene rings is 1. The average Bonchev–Trinajstić information content (AvgIpc) is 3.14. The van der Waals surface area contributed by atoms with Crippen molar-refractivity contribution in [3.63, 3.8) is 0 Å². The molecule has 4 rings (SSSR count). The molecule has 1 N–H and O–H groups in total. The number of halogens is 1. The lowest BCUT2D eigenvalue weighted by atomic mass is 10.1. The molecule has 2 aromatic heterocycles. The summed E-state index contributed by atoms with van der Waals surface area (Å²) >= 11 is 0. The standard InChI is InChI=1S/C21H19FN4O2/c1-13-10-16(5-6-18(13)22)26-12-14(2)25-9-7-17(19(25)21(26)28)20(27)24-15-4-3-8-23-11-15/h3-11,14H,12H2,1-2H3,(H,24,27)/t14-/m0/s1. The van der Waals surface area contributed by atoms with Crippen molar-refractivity contribution in [1.29, 1.82) is 0 Å². The van der Waals surface area contributed by atoms with Crippen molar-refractivity contribution in [2.75, 3.05) is 16.8 Å². The molecular weight excluding hydrogens is 359 g/mol. The Morgan fingerprint density at radius 3 is 2.82 bits per heavy atom. The van der Waals surface area contributed by atoms with E-state index in [4.69, 9.17) is 0 Å². The lowest BCUT2D eigenvalue weighted by molar-refractivity contribution is 0.0942. The van der Waals surface area contributed by atoms with Gasteiger partial charge in [0.2, 0.25) is 0 Å². The Hall–Kier alpha value is -3.48. The van der Waals surface area contributed by atoms with Gasteiger partial charge < -0.3 is 14.8 Å². The molecule has 0 fully saturated rings. The molecule has 3 aromatic rings. The molecule has 0 saturated carbocycles. The minimum atomic E-state index is -0.376. The predicted octanol–water partition coefficient (Wildman–Crippen LogP) is 3.80. The summed E-state index contributed by atoms with van der Waals surface area (Å²) in [4.78, 5) is 31.6. The van der Waals surface area contributed by atoms with E-state index in [1.54, 1.807) is 60.7 Å². The van der Waals surface area contributed by atoms with Crippen LogP contribution in [0.5, 0.6) is 0 Å². The van der Waals surface area contributed by atoms with Crippen LogP contribution in [0, 0.1) is 12.7 Å². The van der Waals surface area contributed by atoms with E-state index < -0.39 is 0 Å². The number of fused-ring (bicyclic) bond motifs is 1. The molecule has 1 aliphatic heterocycles. The van der Waals surface area contributed by atoms with Gasteiger partial charge in [0.25, 0.3) is 11.8 Å². The van der Waals surface area contributed by atoms with Crippen LogP contribution >= 0.6 is 0 Å². The molecule has 0 unspecified atom stereocenters. The van der Waals surface area contributed by atoms with E-state index in [9.17, 15) is 14.0 Å². The monoisotopic (exact) mass is 378 g/mol. The van der Waals surface area contributed by atoms with Crippen molar-refractivity contribution in [1.82, 2.24) is 9.55 Å². The number of carbonyl (C=O) groups is 2. The summed E-state index contributed by atoms with van der Waals surface area (Å²) in [5, 5.41) is 2.77. The number of nitrogens with one attached hydrogen (secondary N) is 1. The highest BCUT2D eigenvalue weighted by Crippen LogP contribution is 2.30. The van der Waals surface area contributed by atoms with Crippen LogP contribution in [0.1, 0.15) is 39.4 Å². The first-order valence-electron chi connectivity index (χ1n) is 8.96. The molecule has 1 aliphatic rings. The molecule has 2 amide bonds. The Balaban J connectivity index is 1.69. The van der Waals surface area contributed by atoms with Crippen molar-refractivity contribution in [2.24, 2.45) is 0 Å². The number of anilines is 2. The fraction of sp³-hybridized carbons (Fsp3) is 0.190. The van der Waals surface area contributed by atoms with Gasteiger partial charge >= 0.3 is 0 Å². The van der Waals surface area contributed by atoms with Gasteiger partial charge in [-0.05, 0) is 55.8 Å². The predicted molar refractivity (Wildman–Crippen MR) is 104 cm³/mol. The summed E-state index contributed by atoms with van der Waals surface area (Å²) in [7, 11) is 0. The van der Waals surface area contributed by atoms with E-state index >= 15 is 0 Å². The molecule has 3 heterocycles. The Labute approximate surface area is 161 Å². The molecule has 7 heteroatoms. The van der Waals surface area contributed by atoms with E-state index in [2.05, 4.69) is 10.3 Å². The van der Waals surface area contributed by atoms with Crippen LogP contribution in [0.4, 0.5) is 15.8 Å². The van der Waals surface area contributed by atoms with Gasteiger partial charge in [0.15, 0.2) is 0 Å². The quantitative estimate of drug-likeness (QED) is 0.754. The van der Waals surface area contributed by atoms with E-state index in [0.717, 1.165) is 0 Å². The van der Waals surface area contributed by atoms with Crippen LogP contribution in [0.25, 0.3) is 0 Å². The topological polar surface area (TPSA) is 67.2 Å². The molecule has 28 heavy (non-hydrogen) atoms. The lowest BCUT2D eigenvalue weighted by Crippen LogP contribution is -2.43. The number of hydrogen-bond donors (Lipinski definition) is 1. The van der Waals surface area contributed by atoms with Crippen molar-refractivity contribution in [3.05, 3.63) is 77.6 Å². The zero-order chi connectivity index (χ0) is 19.8. The van der Waals surface area contributed by atoms with Gasteiger partial charge in [-0.1, -0.05) is 0 Å². The molecule has 6 nitrogen and oxygen atoms in total. The molecule has 0 bridgehead atoms. The molecule has 142 valence electrons. The van der Waals surface area contributed by atoms with Gasteiger partial charge in [0.1, 0.15) is 11.5 Å². The van der Waals surface area contributed by atoms with Crippen molar-refractivity contribution in [2.45, 2.75) is 19.9 Å². The van der Waals surface area contributed by atoms with E-state index in [1.807, 2.05) is 11.5 Å². The second kappa shape index (κ2) is 6.92. The number of aryl methyl sites for hydroxylation is 1. The summed E-state index contributed by atoms with van der Waals surface area (Å²) < 4.78 is 15.5. The first-order valence-corrected chi connectivity index (χ1v) is 8.96. The summed E-state index contributed by atoms with van der Waals surface area (Å²) in [6.45, 7) is 4.07. The summed E-state index contributed by atoms with van der Waals surface area (Å²) in [6.07, 6.45) is 4.91. The second-order valence-electron chi connectivity index (χ2n) is 6.88. The molecule has 1 aromatic carbocycles. The zero-order valence-corrected chi connectivity index (χ0v) is 15.5. The van der Waals surface area contributed by atoms with Gasteiger partial charge in [-0.25, -0.2) is 4.39 Å². The Kier molecular flexibility index (Phi) is 4.43. The Morgan fingerprint density at radius 2 is 2.11 bits per heavy atom. The van der Waals surface area contributed by atoms with Crippen LogP contribution in [-0.2, 0) is 0 Å². The normalized spacial score (nSPS) is 16.0. The fourth-order valence-corrected chi connectivity index (χ4v) is 3.44. The number of carbonyl (C=O) groups excluding carboxylic acids is 2. The van der Waals surface area contributed by atoms with E-state index in [0.29, 0.717) is 34.7 Å². The van der Waals surface area contributed by atoms with Gasteiger partial charge in [-0.15, -0.1) is 0 Å². The van der Waals surface area contributed by atoms with Gasteiger partial charge in [0.05, 0.1) is 17.4 Å². The number of pyridine rings is 1. The maximum Gasteiger partial charge on any atom is 0.275 e. The van der Waals surface area contributed by atoms with Crippen molar-refractivity contribution < 1.29 is 14.0 Å². The Bertz CT molecular complexity index is 1060. The molecular formula is C21H19FN4O2. The highest BCUT2D eigenvalue weighted by atomic mass is 19.1. The molecule has 0 saturated heterocycles. The smallest absolute Gasteiger partial charge is 0.275 e. The van der Waals surface area contributed by atoms with Crippen molar-refractivity contribution in [3.8, 4) is 0 Å². The van der Waals surface area contributed by atoms with Crippen LogP contribution in [-0.4, -0.2) is 27.9 Å². The number of aromatic nitrogens is 2. The van der Waals surface area contributed by atoms with Gasteiger partial charge in [-0.3, -0.25) is 14.6 Å². The Morgan fingerprint density at radius 1 is 1.29 bits per heavy atom. The third-order valence-corrected chi connectivity index (χ3v) is 4.90. The molecule has 0 spiro atoms. The fourth-order valence-electron chi connectivity index (χ4n) is 3.44. The van der Waals surface area contributed by atoms with Gasteiger partial charge in [0, 0.05) is 30.7 Å². The van der Waals surface area contributed by atoms with Crippen LogP contribution < -0.4 is 10.2 Å². The van der Waals surface area contributed by atoms with E-state index in [1.165, 1.54) is 6.07 Å². The summed E-state index contributed by atoms with van der Waals surface area (Å²) in [6, 6.07) is 9.65. The average molecular weight is 378 g/mol. The first-order chi connectivity index (χ1) is 13.5. The lowest BCUT2D eigenvalue weighted by Gasteiger charge is -2.33. The molecule has 0 aliphatic carbocycles. The highest BCUT2D eigenvalue weighted by Gasteiger charge is 2.34. The number of rotatable bonds is 3. The molecule has 0 radical (unpaired) electrons. The maximum absolute atomic E-state index is 13.6. The number of hydrogen-bond acceptors (Lipinski definition) is 3.